The Morgan fingerprint density at radius 2 is 1.81 bits per heavy atom. The van der Waals surface area contributed by atoms with E-state index in [4.69, 9.17) is 11.6 Å². The van der Waals surface area contributed by atoms with Gasteiger partial charge in [0.05, 0.1) is 0 Å². The Morgan fingerprint density at radius 3 is 2.38 bits per heavy atom. The number of aromatic nitrogens is 2. The predicted octanol–water partition coefficient (Wildman–Crippen LogP) is 3.92. The van der Waals surface area contributed by atoms with Crippen LogP contribution in [-0.4, -0.2) is 9.97 Å². The first-order valence-corrected chi connectivity index (χ1v) is 5.62. The number of hydrogen-bond acceptors (Lipinski definition) is 2. The predicted molar refractivity (Wildman–Crippen MR) is 66.6 cm³/mol. The average Bonchev–Trinajstić information content (AvgIpc) is 2.29. The van der Waals surface area contributed by atoms with Crippen LogP contribution in [0.3, 0.4) is 0 Å². The summed E-state index contributed by atoms with van der Waals surface area (Å²) in [6.45, 7) is 4.25. The van der Waals surface area contributed by atoms with Crippen molar-refractivity contribution in [2.45, 2.75) is 19.8 Å². The van der Waals surface area contributed by atoms with E-state index in [9.17, 15) is 0 Å². The first-order chi connectivity index (χ1) is 7.66. The number of benzene rings is 1. The standard InChI is InChI=1S/C13H13ClN2/c1-9(2)11-7-15-13(16-8-11)10-4-3-5-12(14)6-10/h3-9H,1-2H3. The largest absolute Gasteiger partial charge is 0.236 e. The van der Waals surface area contributed by atoms with Crippen molar-refractivity contribution in [2.75, 3.05) is 0 Å². The van der Waals surface area contributed by atoms with Gasteiger partial charge in [-0.2, -0.15) is 0 Å². The second kappa shape index (κ2) is 4.62. The number of halogens is 1. The van der Waals surface area contributed by atoms with Gasteiger partial charge in [-0.3, -0.25) is 0 Å². The molecule has 1 aromatic heterocycles. The molecule has 0 N–H and O–H groups in total. The third-order valence-corrected chi connectivity index (χ3v) is 2.66. The van der Waals surface area contributed by atoms with E-state index in [2.05, 4.69) is 23.8 Å². The summed E-state index contributed by atoms with van der Waals surface area (Å²) in [5, 5.41) is 0.703. The van der Waals surface area contributed by atoms with Gasteiger partial charge >= 0.3 is 0 Å². The van der Waals surface area contributed by atoms with Gasteiger partial charge in [-0.05, 0) is 23.6 Å². The first kappa shape index (κ1) is 11.1. The molecule has 16 heavy (non-hydrogen) atoms. The zero-order valence-electron chi connectivity index (χ0n) is 9.31. The van der Waals surface area contributed by atoms with Gasteiger partial charge in [-0.25, -0.2) is 9.97 Å². The Kier molecular flexibility index (Phi) is 3.20. The maximum atomic E-state index is 5.92. The summed E-state index contributed by atoms with van der Waals surface area (Å²) in [6.07, 6.45) is 3.74. The summed E-state index contributed by atoms with van der Waals surface area (Å²) >= 11 is 5.92. The van der Waals surface area contributed by atoms with Crippen LogP contribution in [0.2, 0.25) is 5.02 Å². The van der Waals surface area contributed by atoms with Crippen LogP contribution >= 0.6 is 11.6 Å². The molecule has 0 fully saturated rings. The molecule has 82 valence electrons. The number of rotatable bonds is 2. The Balaban J connectivity index is 2.35. The van der Waals surface area contributed by atoms with Gasteiger partial charge in [0, 0.05) is 23.0 Å². The topological polar surface area (TPSA) is 25.8 Å². The lowest BCUT2D eigenvalue weighted by atomic mass is 10.1. The van der Waals surface area contributed by atoms with Crippen molar-refractivity contribution in [1.29, 1.82) is 0 Å². The molecule has 0 spiro atoms. The molecule has 2 rings (SSSR count). The molecule has 0 unspecified atom stereocenters. The summed E-state index contributed by atoms with van der Waals surface area (Å²) in [4.78, 5) is 8.68. The van der Waals surface area contributed by atoms with E-state index < -0.39 is 0 Å². The molecule has 2 aromatic rings. The van der Waals surface area contributed by atoms with Crippen molar-refractivity contribution >= 4 is 11.6 Å². The Bertz CT molecular complexity index is 478. The highest BCUT2D eigenvalue weighted by molar-refractivity contribution is 6.30. The minimum Gasteiger partial charge on any atom is -0.236 e. The van der Waals surface area contributed by atoms with Crippen LogP contribution in [0.25, 0.3) is 11.4 Å². The quantitative estimate of drug-likeness (QED) is 0.784. The molecule has 0 atom stereocenters. The summed E-state index contributed by atoms with van der Waals surface area (Å²) in [5.41, 5.74) is 2.09. The molecule has 0 amide bonds. The van der Waals surface area contributed by atoms with Crippen LogP contribution in [0.5, 0.6) is 0 Å². The molecule has 0 bridgehead atoms. The minimum atomic E-state index is 0.452. The smallest absolute Gasteiger partial charge is 0.159 e. The van der Waals surface area contributed by atoms with Crippen LogP contribution < -0.4 is 0 Å². The van der Waals surface area contributed by atoms with Gasteiger partial charge < -0.3 is 0 Å². The maximum Gasteiger partial charge on any atom is 0.159 e. The molecule has 2 nitrogen and oxygen atoms in total. The molecule has 1 aromatic carbocycles. The first-order valence-electron chi connectivity index (χ1n) is 5.24. The van der Waals surface area contributed by atoms with Gasteiger partial charge in [-0.1, -0.05) is 37.6 Å². The van der Waals surface area contributed by atoms with Crippen molar-refractivity contribution < 1.29 is 0 Å². The molecular formula is C13H13ClN2. The van der Waals surface area contributed by atoms with E-state index in [1.54, 1.807) is 0 Å². The van der Waals surface area contributed by atoms with Crippen molar-refractivity contribution in [3.63, 3.8) is 0 Å². The lowest BCUT2D eigenvalue weighted by molar-refractivity contribution is 0.847. The monoisotopic (exact) mass is 232 g/mol. The zero-order chi connectivity index (χ0) is 11.5. The number of hydrogen-bond donors (Lipinski definition) is 0. The van der Waals surface area contributed by atoms with Crippen LogP contribution in [0.15, 0.2) is 36.7 Å². The Labute approximate surface area is 100 Å². The fourth-order valence-electron chi connectivity index (χ4n) is 1.41. The summed E-state index contributed by atoms with van der Waals surface area (Å²) in [5.74, 6) is 1.17. The van der Waals surface area contributed by atoms with E-state index in [1.165, 1.54) is 0 Å². The average molecular weight is 233 g/mol. The molecule has 3 heteroatoms. The SMILES string of the molecule is CC(C)c1cnc(-c2cccc(Cl)c2)nc1. The zero-order valence-corrected chi connectivity index (χ0v) is 10.1. The molecule has 0 radical (unpaired) electrons. The van der Waals surface area contributed by atoms with Gasteiger partial charge in [0.15, 0.2) is 5.82 Å². The van der Waals surface area contributed by atoms with Gasteiger partial charge in [-0.15, -0.1) is 0 Å². The van der Waals surface area contributed by atoms with E-state index in [0.29, 0.717) is 16.8 Å². The third kappa shape index (κ3) is 2.39. The molecule has 0 saturated carbocycles. The molecule has 0 saturated heterocycles. The second-order valence-electron chi connectivity index (χ2n) is 4.01. The van der Waals surface area contributed by atoms with Crippen LogP contribution in [0, 0.1) is 0 Å². The van der Waals surface area contributed by atoms with Crippen LogP contribution in [-0.2, 0) is 0 Å². The molecular weight excluding hydrogens is 220 g/mol. The van der Waals surface area contributed by atoms with E-state index >= 15 is 0 Å². The van der Waals surface area contributed by atoms with Gasteiger partial charge in [0.1, 0.15) is 0 Å². The van der Waals surface area contributed by atoms with Gasteiger partial charge in [0.2, 0.25) is 0 Å². The second-order valence-corrected chi connectivity index (χ2v) is 4.44. The molecule has 1 heterocycles. The van der Waals surface area contributed by atoms with Crippen LogP contribution in [0.1, 0.15) is 25.3 Å². The molecule has 0 aliphatic rings. The summed E-state index contributed by atoms with van der Waals surface area (Å²) in [6, 6.07) is 7.56. The lowest BCUT2D eigenvalue weighted by Gasteiger charge is -2.05. The van der Waals surface area contributed by atoms with Crippen molar-refractivity contribution in [3.8, 4) is 11.4 Å². The lowest BCUT2D eigenvalue weighted by Crippen LogP contribution is -1.93. The normalized spacial score (nSPS) is 10.8. The number of nitrogens with zero attached hydrogens (tertiary/aromatic N) is 2. The van der Waals surface area contributed by atoms with E-state index in [1.807, 2.05) is 36.7 Å². The van der Waals surface area contributed by atoms with Gasteiger partial charge in [0.25, 0.3) is 0 Å². The van der Waals surface area contributed by atoms with Crippen molar-refractivity contribution in [1.82, 2.24) is 9.97 Å². The Morgan fingerprint density at radius 1 is 1.12 bits per heavy atom. The molecule has 0 aliphatic carbocycles. The Hall–Kier alpha value is -1.41. The fourth-order valence-corrected chi connectivity index (χ4v) is 1.60. The van der Waals surface area contributed by atoms with Crippen molar-refractivity contribution in [2.24, 2.45) is 0 Å². The minimum absolute atomic E-state index is 0.452. The highest BCUT2D eigenvalue weighted by Crippen LogP contribution is 2.20. The fraction of sp³-hybridized carbons (Fsp3) is 0.231. The van der Waals surface area contributed by atoms with Crippen LogP contribution in [0.4, 0.5) is 0 Å². The highest BCUT2D eigenvalue weighted by atomic mass is 35.5. The maximum absolute atomic E-state index is 5.92. The third-order valence-electron chi connectivity index (χ3n) is 2.42. The van der Waals surface area contributed by atoms with E-state index in [-0.39, 0.29) is 0 Å². The molecule has 0 aliphatic heterocycles. The highest BCUT2D eigenvalue weighted by Gasteiger charge is 2.03. The summed E-state index contributed by atoms with van der Waals surface area (Å²) in [7, 11) is 0. The summed E-state index contributed by atoms with van der Waals surface area (Å²) < 4.78 is 0. The van der Waals surface area contributed by atoms with E-state index in [0.717, 1.165) is 11.1 Å². The van der Waals surface area contributed by atoms with Crippen molar-refractivity contribution in [3.05, 3.63) is 47.2 Å².